The van der Waals surface area contributed by atoms with Gasteiger partial charge in [-0.2, -0.15) is 0 Å². The minimum absolute atomic E-state index is 0.0145. The predicted molar refractivity (Wildman–Crippen MR) is 80.1 cm³/mol. The quantitative estimate of drug-likeness (QED) is 0.654. The molecule has 1 saturated carbocycles. The molecule has 1 aliphatic rings. The van der Waals surface area contributed by atoms with Crippen LogP contribution in [0.25, 0.3) is 0 Å². The van der Waals surface area contributed by atoms with Gasteiger partial charge in [0.05, 0.1) is 0 Å². The maximum absolute atomic E-state index is 12.5. The summed E-state index contributed by atoms with van der Waals surface area (Å²) >= 11 is 0. The summed E-state index contributed by atoms with van der Waals surface area (Å²) in [6, 6.07) is -0.379. The van der Waals surface area contributed by atoms with Crippen molar-refractivity contribution in [2.75, 3.05) is 13.2 Å². The van der Waals surface area contributed by atoms with Crippen molar-refractivity contribution in [3.8, 4) is 0 Å². The fraction of sp³-hybridized carbons (Fsp3) is 0.867. The summed E-state index contributed by atoms with van der Waals surface area (Å²) in [5.41, 5.74) is -1.14. The molecule has 1 aliphatic carbocycles. The van der Waals surface area contributed by atoms with Crippen LogP contribution in [-0.2, 0) is 4.79 Å². The number of nitrogens with one attached hydrogen (secondary N) is 1. The SMILES string of the molecule is CC(C)N(CCCO)C(=O)NC1(C(=O)O)CCCCCC1. The van der Waals surface area contributed by atoms with Crippen molar-refractivity contribution in [3.05, 3.63) is 0 Å². The van der Waals surface area contributed by atoms with Crippen molar-refractivity contribution in [1.29, 1.82) is 0 Å². The Morgan fingerprint density at radius 3 is 2.19 bits per heavy atom. The molecular formula is C15H28N2O4. The van der Waals surface area contributed by atoms with Gasteiger partial charge in [0.2, 0.25) is 0 Å². The first-order chi connectivity index (χ1) is 9.93. The number of carboxylic acids is 1. The number of hydrogen-bond acceptors (Lipinski definition) is 3. The molecule has 0 unspecified atom stereocenters. The van der Waals surface area contributed by atoms with E-state index >= 15 is 0 Å². The topological polar surface area (TPSA) is 89.9 Å². The van der Waals surface area contributed by atoms with Gasteiger partial charge in [0.15, 0.2) is 0 Å². The first kappa shape index (κ1) is 17.8. The molecule has 0 atom stereocenters. The highest BCUT2D eigenvalue weighted by molar-refractivity contribution is 5.86. The van der Waals surface area contributed by atoms with Gasteiger partial charge in [-0.3, -0.25) is 0 Å². The Bertz CT molecular complexity index is 350. The highest BCUT2D eigenvalue weighted by Gasteiger charge is 2.41. The van der Waals surface area contributed by atoms with Crippen molar-refractivity contribution in [3.63, 3.8) is 0 Å². The van der Waals surface area contributed by atoms with Crippen LogP contribution in [0.3, 0.4) is 0 Å². The number of aliphatic hydroxyl groups is 1. The Morgan fingerprint density at radius 2 is 1.76 bits per heavy atom. The Balaban J connectivity index is 2.80. The Labute approximate surface area is 126 Å². The van der Waals surface area contributed by atoms with Gasteiger partial charge in [0.25, 0.3) is 0 Å². The molecule has 6 nitrogen and oxygen atoms in total. The van der Waals surface area contributed by atoms with E-state index in [4.69, 9.17) is 5.11 Å². The molecule has 1 rings (SSSR count). The number of nitrogens with zero attached hydrogens (tertiary/aromatic N) is 1. The van der Waals surface area contributed by atoms with Crippen molar-refractivity contribution >= 4 is 12.0 Å². The molecule has 2 amide bonds. The molecule has 0 aromatic heterocycles. The van der Waals surface area contributed by atoms with E-state index in [-0.39, 0.29) is 18.7 Å². The average molecular weight is 300 g/mol. The second-order valence-electron chi connectivity index (χ2n) is 6.10. The van der Waals surface area contributed by atoms with Crippen molar-refractivity contribution in [1.82, 2.24) is 10.2 Å². The van der Waals surface area contributed by atoms with Gasteiger partial charge < -0.3 is 20.4 Å². The standard InChI is InChI=1S/C15H28N2O4/c1-12(2)17(10-7-11-18)14(21)16-15(13(19)20)8-5-3-4-6-9-15/h12,18H,3-11H2,1-2H3,(H,16,21)(H,19,20). The summed E-state index contributed by atoms with van der Waals surface area (Å²) in [5, 5.41) is 21.3. The van der Waals surface area contributed by atoms with Gasteiger partial charge in [0, 0.05) is 19.2 Å². The normalized spacial score (nSPS) is 18.1. The summed E-state index contributed by atoms with van der Waals surface area (Å²) in [4.78, 5) is 25.7. The van der Waals surface area contributed by atoms with E-state index in [1.165, 1.54) is 0 Å². The summed E-state index contributed by atoms with van der Waals surface area (Å²) in [6.45, 7) is 4.21. The van der Waals surface area contributed by atoms with E-state index < -0.39 is 11.5 Å². The van der Waals surface area contributed by atoms with Crippen LogP contribution in [0, 0.1) is 0 Å². The minimum Gasteiger partial charge on any atom is -0.480 e. The lowest BCUT2D eigenvalue weighted by Crippen LogP contribution is -2.58. The number of urea groups is 1. The molecule has 122 valence electrons. The third-order valence-corrected chi connectivity index (χ3v) is 4.15. The smallest absolute Gasteiger partial charge is 0.329 e. The Kier molecular flexibility index (Phi) is 6.95. The van der Waals surface area contributed by atoms with Gasteiger partial charge >= 0.3 is 12.0 Å². The number of hydrogen-bond donors (Lipinski definition) is 3. The van der Waals surface area contributed by atoms with Gasteiger partial charge in [-0.25, -0.2) is 9.59 Å². The Hall–Kier alpha value is -1.30. The molecule has 0 radical (unpaired) electrons. The summed E-state index contributed by atoms with van der Waals surface area (Å²) in [7, 11) is 0. The van der Waals surface area contributed by atoms with Crippen LogP contribution in [0.5, 0.6) is 0 Å². The van der Waals surface area contributed by atoms with Crippen LogP contribution in [0.4, 0.5) is 4.79 Å². The highest BCUT2D eigenvalue weighted by Crippen LogP contribution is 2.28. The van der Waals surface area contributed by atoms with Gasteiger partial charge in [-0.05, 0) is 33.1 Å². The second kappa shape index (κ2) is 8.22. The lowest BCUT2D eigenvalue weighted by Gasteiger charge is -2.34. The van der Waals surface area contributed by atoms with E-state index in [0.29, 0.717) is 25.8 Å². The molecule has 0 aromatic carbocycles. The lowest BCUT2D eigenvalue weighted by atomic mass is 9.90. The molecule has 6 heteroatoms. The van der Waals surface area contributed by atoms with E-state index in [0.717, 1.165) is 25.7 Å². The Morgan fingerprint density at radius 1 is 1.19 bits per heavy atom. The number of carbonyl (C=O) groups excluding carboxylic acids is 1. The first-order valence-corrected chi connectivity index (χ1v) is 7.86. The maximum atomic E-state index is 12.5. The number of carbonyl (C=O) groups is 2. The molecule has 0 saturated heterocycles. The largest absolute Gasteiger partial charge is 0.480 e. The van der Waals surface area contributed by atoms with Gasteiger partial charge in [0.1, 0.15) is 5.54 Å². The van der Waals surface area contributed by atoms with Crippen LogP contribution in [0.15, 0.2) is 0 Å². The van der Waals surface area contributed by atoms with E-state index in [1.807, 2.05) is 13.8 Å². The third-order valence-electron chi connectivity index (χ3n) is 4.15. The zero-order valence-electron chi connectivity index (χ0n) is 13.1. The van der Waals surface area contributed by atoms with Crippen LogP contribution in [0.2, 0.25) is 0 Å². The number of aliphatic hydroxyl groups excluding tert-OH is 1. The molecule has 0 aromatic rings. The van der Waals surface area contributed by atoms with E-state index in [2.05, 4.69) is 5.32 Å². The van der Waals surface area contributed by atoms with Crippen molar-refractivity contribution in [2.45, 2.75) is 70.4 Å². The zero-order valence-corrected chi connectivity index (χ0v) is 13.1. The molecule has 3 N–H and O–H groups in total. The zero-order chi connectivity index (χ0) is 15.9. The summed E-state index contributed by atoms with van der Waals surface area (Å²) < 4.78 is 0. The maximum Gasteiger partial charge on any atom is 0.329 e. The van der Waals surface area contributed by atoms with Crippen molar-refractivity contribution in [2.24, 2.45) is 0 Å². The second-order valence-corrected chi connectivity index (χ2v) is 6.10. The minimum atomic E-state index is -1.14. The van der Waals surface area contributed by atoms with Crippen LogP contribution in [0.1, 0.15) is 58.8 Å². The van der Waals surface area contributed by atoms with E-state index in [1.54, 1.807) is 4.90 Å². The van der Waals surface area contributed by atoms with Crippen LogP contribution >= 0.6 is 0 Å². The summed E-state index contributed by atoms with van der Waals surface area (Å²) in [5.74, 6) is -0.941. The average Bonchev–Trinajstić information content (AvgIpc) is 2.65. The van der Waals surface area contributed by atoms with Crippen molar-refractivity contribution < 1.29 is 19.8 Å². The first-order valence-electron chi connectivity index (χ1n) is 7.86. The number of carboxylic acid groups (broad SMARTS) is 1. The third kappa shape index (κ3) is 4.88. The van der Waals surface area contributed by atoms with Gasteiger partial charge in [-0.1, -0.05) is 25.7 Å². The fourth-order valence-electron chi connectivity index (χ4n) is 2.84. The predicted octanol–water partition coefficient (Wildman–Crippen LogP) is 1.97. The molecule has 0 spiro atoms. The molecule has 21 heavy (non-hydrogen) atoms. The van der Waals surface area contributed by atoms with Crippen LogP contribution in [-0.4, -0.2) is 51.8 Å². The molecule has 0 aliphatic heterocycles. The monoisotopic (exact) mass is 300 g/mol. The summed E-state index contributed by atoms with van der Waals surface area (Å²) in [6.07, 6.45) is 5.15. The molecular weight excluding hydrogens is 272 g/mol. The van der Waals surface area contributed by atoms with E-state index in [9.17, 15) is 14.7 Å². The lowest BCUT2D eigenvalue weighted by molar-refractivity contribution is -0.145. The van der Waals surface area contributed by atoms with Gasteiger partial charge in [-0.15, -0.1) is 0 Å². The fourth-order valence-corrected chi connectivity index (χ4v) is 2.84. The number of amides is 2. The number of rotatable bonds is 6. The molecule has 0 heterocycles. The highest BCUT2D eigenvalue weighted by atomic mass is 16.4. The van der Waals surface area contributed by atoms with Crippen LogP contribution < -0.4 is 5.32 Å². The molecule has 0 bridgehead atoms. The number of aliphatic carboxylic acids is 1. The molecule has 1 fully saturated rings.